The third-order valence-electron chi connectivity index (χ3n) is 11.4. The molecule has 4 rings (SSSR count). The highest BCUT2D eigenvalue weighted by atomic mass is 16.3. The van der Waals surface area contributed by atoms with Crippen molar-refractivity contribution in [1.82, 2.24) is 0 Å². The van der Waals surface area contributed by atoms with Crippen LogP contribution in [0.25, 0.3) is 0 Å². The molecule has 148 valence electrons. The summed E-state index contributed by atoms with van der Waals surface area (Å²) in [6.45, 7) is 17.0. The monoisotopic (exact) mass is 360 g/mol. The number of Topliss-reactive ketones (excluding diaryl/α,β-unsaturated/α-hetero) is 1. The van der Waals surface area contributed by atoms with E-state index in [9.17, 15) is 9.90 Å². The molecule has 4 aliphatic carbocycles. The van der Waals surface area contributed by atoms with E-state index in [4.69, 9.17) is 0 Å². The molecule has 0 aromatic heterocycles. The van der Waals surface area contributed by atoms with Crippen molar-refractivity contribution in [3.05, 3.63) is 0 Å². The van der Waals surface area contributed by atoms with E-state index < -0.39 is 0 Å². The second-order valence-electron chi connectivity index (χ2n) is 12.0. The summed E-state index contributed by atoms with van der Waals surface area (Å²) < 4.78 is 0. The van der Waals surface area contributed by atoms with Crippen LogP contribution in [0.5, 0.6) is 0 Å². The van der Waals surface area contributed by atoms with E-state index in [-0.39, 0.29) is 27.8 Å². The van der Waals surface area contributed by atoms with Gasteiger partial charge in [-0.1, -0.05) is 48.5 Å². The molecule has 0 radical (unpaired) electrons. The summed E-state index contributed by atoms with van der Waals surface area (Å²) in [7, 11) is 0. The normalized spacial score (nSPS) is 58.7. The maximum absolute atomic E-state index is 12.3. The second-order valence-corrected chi connectivity index (χ2v) is 12.0. The molecular weight excluding hydrogens is 320 g/mol. The van der Waals surface area contributed by atoms with Gasteiger partial charge in [0.2, 0.25) is 0 Å². The molecule has 2 heteroatoms. The van der Waals surface area contributed by atoms with Gasteiger partial charge >= 0.3 is 0 Å². The molecule has 26 heavy (non-hydrogen) atoms. The van der Waals surface area contributed by atoms with Crippen LogP contribution in [0.1, 0.15) is 87.0 Å². The van der Waals surface area contributed by atoms with E-state index in [2.05, 4.69) is 48.5 Å². The summed E-state index contributed by atoms with van der Waals surface area (Å²) in [6.07, 6.45) is 5.65. The van der Waals surface area contributed by atoms with Gasteiger partial charge in [0.15, 0.2) is 0 Å². The van der Waals surface area contributed by atoms with Crippen molar-refractivity contribution in [2.24, 2.45) is 51.2 Å². The third kappa shape index (κ3) is 1.96. The topological polar surface area (TPSA) is 37.3 Å². The van der Waals surface area contributed by atoms with Gasteiger partial charge in [-0.05, 0) is 71.5 Å². The molecule has 0 aromatic carbocycles. The molecule has 4 aliphatic rings. The first kappa shape index (κ1) is 19.0. The van der Waals surface area contributed by atoms with Crippen LogP contribution in [-0.4, -0.2) is 17.0 Å². The molecule has 0 heterocycles. The Morgan fingerprint density at radius 3 is 2.23 bits per heavy atom. The Hall–Kier alpha value is -0.370. The molecular formula is C24H40O2. The van der Waals surface area contributed by atoms with E-state index in [1.165, 1.54) is 12.8 Å². The predicted octanol–water partition coefficient (Wildman–Crippen LogP) is 5.48. The fraction of sp³-hybridized carbons (Fsp3) is 0.958. The van der Waals surface area contributed by atoms with Crippen LogP contribution >= 0.6 is 0 Å². The number of fused-ring (bicyclic) bond motifs is 5. The van der Waals surface area contributed by atoms with Gasteiger partial charge in [-0.3, -0.25) is 4.79 Å². The van der Waals surface area contributed by atoms with Gasteiger partial charge in [-0.15, -0.1) is 0 Å². The summed E-state index contributed by atoms with van der Waals surface area (Å²) in [5.41, 5.74) is 0.558. The van der Waals surface area contributed by atoms with Gasteiger partial charge in [-0.25, -0.2) is 0 Å². The van der Waals surface area contributed by atoms with Gasteiger partial charge in [0.25, 0.3) is 0 Å². The number of hydrogen-bond acceptors (Lipinski definition) is 2. The Morgan fingerprint density at radius 1 is 0.923 bits per heavy atom. The highest BCUT2D eigenvalue weighted by Gasteiger charge is 2.71. The minimum Gasteiger partial charge on any atom is -0.393 e. The summed E-state index contributed by atoms with van der Waals surface area (Å²) in [4.78, 5) is 12.3. The molecule has 0 saturated heterocycles. The molecule has 0 spiro atoms. The molecule has 9 atom stereocenters. The minimum atomic E-state index is -0.244. The van der Waals surface area contributed by atoms with Crippen molar-refractivity contribution in [3.8, 4) is 0 Å². The minimum absolute atomic E-state index is 0.0464. The maximum Gasteiger partial charge on any atom is 0.133 e. The number of carbonyl (C=O) groups excluding carboxylic acids is 1. The van der Waals surface area contributed by atoms with E-state index in [1.54, 1.807) is 0 Å². The van der Waals surface area contributed by atoms with Crippen LogP contribution in [0.4, 0.5) is 0 Å². The standard InChI is InChI=1S/C24H40O2/c1-14-10-19-18-11-15(2)21(3,4)23(18,6)13-20(26)24(19,7)22(5)9-8-16(25)12-17(14)22/h14-15,17-20,26H,8-13H2,1-7H3/t14?,15?,17?,18?,19?,20-,22-,23-,24?/m0/s1. The summed E-state index contributed by atoms with van der Waals surface area (Å²) in [5.74, 6) is 3.50. The zero-order chi connectivity index (χ0) is 19.3. The Balaban J connectivity index is 1.82. The van der Waals surface area contributed by atoms with Crippen LogP contribution < -0.4 is 0 Å². The molecule has 0 aliphatic heterocycles. The van der Waals surface area contributed by atoms with Crippen molar-refractivity contribution in [1.29, 1.82) is 0 Å². The third-order valence-corrected chi connectivity index (χ3v) is 11.4. The average molecular weight is 361 g/mol. The molecule has 0 aromatic rings. The summed E-state index contributed by atoms with van der Waals surface area (Å²) >= 11 is 0. The SMILES string of the molecule is CC1CC2C3CC(C)C(C)(C)[C@@]3(C)C[C@H](O)C2(C)[C@@]2(C)CCC(=O)CC12. The Kier molecular flexibility index (Phi) is 3.91. The first-order chi connectivity index (χ1) is 11.9. The fourth-order valence-corrected chi connectivity index (χ4v) is 8.71. The number of carbonyl (C=O) groups is 1. The summed E-state index contributed by atoms with van der Waals surface area (Å²) in [6, 6.07) is 0. The van der Waals surface area contributed by atoms with Gasteiger partial charge in [0.05, 0.1) is 6.10 Å². The second kappa shape index (κ2) is 5.37. The van der Waals surface area contributed by atoms with E-state index in [0.29, 0.717) is 35.4 Å². The Labute approximate surface area is 160 Å². The number of hydrogen-bond donors (Lipinski definition) is 1. The van der Waals surface area contributed by atoms with Crippen molar-refractivity contribution < 1.29 is 9.90 Å². The smallest absolute Gasteiger partial charge is 0.133 e. The van der Waals surface area contributed by atoms with Crippen LogP contribution in [0, 0.1) is 51.2 Å². The lowest BCUT2D eigenvalue weighted by Crippen LogP contribution is -2.67. The van der Waals surface area contributed by atoms with E-state index in [0.717, 1.165) is 25.7 Å². The molecule has 1 N–H and O–H groups in total. The van der Waals surface area contributed by atoms with Crippen molar-refractivity contribution >= 4 is 5.78 Å². The molecule has 4 saturated carbocycles. The van der Waals surface area contributed by atoms with Crippen molar-refractivity contribution in [3.63, 3.8) is 0 Å². The van der Waals surface area contributed by atoms with Gasteiger partial charge in [0.1, 0.15) is 5.78 Å². The number of aliphatic hydroxyl groups is 1. The zero-order valence-electron chi connectivity index (χ0n) is 18.1. The highest BCUT2D eigenvalue weighted by molar-refractivity contribution is 5.79. The van der Waals surface area contributed by atoms with Gasteiger partial charge in [0, 0.05) is 18.3 Å². The first-order valence-electron chi connectivity index (χ1n) is 11.1. The van der Waals surface area contributed by atoms with E-state index in [1.807, 2.05) is 0 Å². The molecule has 4 fully saturated rings. The van der Waals surface area contributed by atoms with Crippen LogP contribution in [-0.2, 0) is 4.79 Å². The molecule has 0 amide bonds. The summed E-state index contributed by atoms with van der Waals surface area (Å²) in [5, 5.41) is 11.7. The van der Waals surface area contributed by atoms with Crippen LogP contribution in [0.3, 0.4) is 0 Å². The number of rotatable bonds is 0. The lowest BCUT2D eigenvalue weighted by atomic mass is 9.35. The Morgan fingerprint density at radius 2 is 1.58 bits per heavy atom. The number of aliphatic hydroxyl groups excluding tert-OH is 1. The quantitative estimate of drug-likeness (QED) is 0.621. The molecule has 2 nitrogen and oxygen atoms in total. The highest BCUT2D eigenvalue weighted by Crippen LogP contribution is 2.75. The van der Waals surface area contributed by atoms with Gasteiger partial charge < -0.3 is 5.11 Å². The zero-order valence-corrected chi connectivity index (χ0v) is 18.1. The fourth-order valence-electron chi connectivity index (χ4n) is 8.71. The van der Waals surface area contributed by atoms with Gasteiger partial charge in [-0.2, -0.15) is 0 Å². The maximum atomic E-state index is 12.3. The first-order valence-corrected chi connectivity index (χ1v) is 11.1. The van der Waals surface area contributed by atoms with Crippen molar-refractivity contribution in [2.45, 2.75) is 93.1 Å². The lowest BCUT2D eigenvalue weighted by Gasteiger charge is -2.69. The molecule has 0 bridgehead atoms. The number of ketones is 1. The Bertz CT molecular complexity index is 624. The predicted molar refractivity (Wildman–Crippen MR) is 106 cm³/mol. The van der Waals surface area contributed by atoms with E-state index >= 15 is 0 Å². The lowest BCUT2D eigenvalue weighted by molar-refractivity contribution is -0.244. The largest absolute Gasteiger partial charge is 0.393 e. The van der Waals surface area contributed by atoms with Crippen LogP contribution in [0.15, 0.2) is 0 Å². The molecule has 6 unspecified atom stereocenters. The van der Waals surface area contributed by atoms with Crippen LogP contribution in [0.2, 0.25) is 0 Å². The average Bonchev–Trinajstić information content (AvgIpc) is 2.72. The van der Waals surface area contributed by atoms with Crippen molar-refractivity contribution in [2.75, 3.05) is 0 Å².